The number of hydrogen-bond acceptors (Lipinski definition) is 3. The molecule has 1 amide bonds. The van der Waals surface area contributed by atoms with Gasteiger partial charge in [-0.25, -0.2) is 4.98 Å². The number of aromatic nitrogens is 2. The van der Waals surface area contributed by atoms with E-state index < -0.39 is 0 Å². The van der Waals surface area contributed by atoms with Crippen LogP contribution in [0.25, 0.3) is 0 Å². The Kier molecular flexibility index (Phi) is 5.32. The lowest BCUT2D eigenvalue weighted by Gasteiger charge is -2.06. The first-order valence-corrected chi connectivity index (χ1v) is 6.85. The molecule has 1 aromatic carbocycles. The van der Waals surface area contributed by atoms with Gasteiger partial charge in [-0.3, -0.25) is 4.79 Å². The summed E-state index contributed by atoms with van der Waals surface area (Å²) in [5.74, 6) is 0.990. The van der Waals surface area contributed by atoms with E-state index in [-0.39, 0.29) is 5.91 Å². The number of amides is 1. The Morgan fingerprint density at radius 3 is 2.70 bits per heavy atom. The lowest BCUT2D eigenvalue weighted by atomic mass is 10.2. The summed E-state index contributed by atoms with van der Waals surface area (Å²) in [7, 11) is 0. The van der Waals surface area contributed by atoms with Gasteiger partial charge >= 0.3 is 0 Å². The molecule has 5 heteroatoms. The lowest BCUT2D eigenvalue weighted by Crippen LogP contribution is -2.14. The summed E-state index contributed by atoms with van der Waals surface area (Å²) in [6, 6.07) is 7.88. The summed E-state index contributed by atoms with van der Waals surface area (Å²) in [4.78, 5) is 18.7. The van der Waals surface area contributed by atoms with Crippen molar-refractivity contribution in [2.45, 2.75) is 32.9 Å². The van der Waals surface area contributed by atoms with Crippen LogP contribution in [0.4, 0.5) is 5.69 Å². The molecule has 2 aromatic rings. The minimum Gasteiger partial charge on any atom is -0.348 e. The summed E-state index contributed by atoms with van der Waals surface area (Å²) in [6.07, 6.45) is 4.97. The van der Waals surface area contributed by atoms with Gasteiger partial charge in [0.1, 0.15) is 5.82 Å². The molecule has 0 fully saturated rings. The fraction of sp³-hybridized carbons (Fsp3) is 0.333. The Morgan fingerprint density at radius 1 is 1.25 bits per heavy atom. The summed E-state index contributed by atoms with van der Waals surface area (Å²) in [6.45, 7) is 3.47. The standard InChI is InChI=1S/C15H20N4O/c1-2-3-15(20)19-13-6-4-12(5-7-13)10-16-11-14-17-8-9-18-14/h4-9,16H,2-3,10-11H2,1H3,(H,17,18)(H,19,20). The predicted molar refractivity (Wildman–Crippen MR) is 79.1 cm³/mol. The average molecular weight is 272 g/mol. The number of H-pyrrole nitrogens is 1. The number of benzene rings is 1. The molecular formula is C15H20N4O. The molecule has 0 saturated heterocycles. The van der Waals surface area contributed by atoms with Crippen LogP contribution in [0.15, 0.2) is 36.7 Å². The molecule has 2 rings (SSSR count). The number of aromatic amines is 1. The molecule has 0 spiro atoms. The highest BCUT2D eigenvalue weighted by atomic mass is 16.1. The number of anilines is 1. The fourth-order valence-electron chi connectivity index (χ4n) is 1.88. The zero-order valence-corrected chi connectivity index (χ0v) is 11.6. The van der Waals surface area contributed by atoms with Crippen LogP contribution in [0.5, 0.6) is 0 Å². The van der Waals surface area contributed by atoms with E-state index in [0.29, 0.717) is 13.0 Å². The zero-order chi connectivity index (χ0) is 14.2. The molecule has 0 radical (unpaired) electrons. The maximum absolute atomic E-state index is 11.5. The van der Waals surface area contributed by atoms with E-state index in [0.717, 1.165) is 24.5 Å². The highest BCUT2D eigenvalue weighted by Crippen LogP contribution is 2.10. The fourth-order valence-corrected chi connectivity index (χ4v) is 1.88. The van der Waals surface area contributed by atoms with Gasteiger partial charge in [0.15, 0.2) is 0 Å². The van der Waals surface area contributed by atoms with Crippen molar-refractivity contribution < 1.29 is 4.79 Å². The van der Waals surface area contributed by atoms with Gasteiger partial charge in [0.2, 0.25) is 5.91 Å². The number of rotatable bonds is 7. The number of carbonyl (C=O) groups excluding carboxylic acids is 1. The van der Waals surface area contributed by atoms with Crippen LogP contribution in [-0.2, 0) is 17.9 Å². The van der Waals surface area contributed by atoms with Crippen LogP contribution in [0.1, 0.15) is 31.2 Å². The van der Waals surface area contributed by atoms with Crippen molar-refractivity contribution in [1.82, 2.24) is 15.3 Å². The summed E-state index contributed by atoms with van der Waals surface area (Å²) in [5.41, 5.74) is 2.02. The van der Waals surface area contributed by atoms with Gasteiger partial charge < -0.3 is 15.6 Å². The first-order valence-electron chi connectivity index (χ1n) is 6.85. The molecule has 106 valence electrons. The molecule has 0 bridgehead atoms. The van der Waals surface area contributed by atoms with E-state index in [4.69, 9.17) is 0 Å². The van der Waals surface area contributed by atoms with Crippen molar-refractivity contribution in [3.63, 3.8) is 0 Å². The number of imidazole rings is 1. The van der Waals surface area contributed by atoms with Gasteiger partial charge in [0.05, 0.1) is 6.54 Å². The molecule has 0 aliphatic carbocycles. The Hall–Kier alpha value is -2.14. The third-order valence-corrected chi connectivity index (χ3v) is 2.89. The molecule has 0 aliphatic rings. The van der Waals surface area contributed by atoms with Gasteiger partial charge in [-0.15, -0.1) is 0 Å². The van der Waals surface area contributed by atoms with E-state index in [1.165, 1.54) is 5.56 Å². The van der Waals surface area contributed by atoms with E-state index in [1.54, 1.807) is 6.20 Å². The molecule has 1 heterocycles. The lowest BCUT2D eigenvalue weighted by molar-refractivity contribution is -0.116. The Balaban J connectivity index is 1.77. The second-order valence-corrected chi connectivity index (χ2v) is 4.63. The quantitative estimate of drug-likeness (QED) is 0.725. The number of hydrogen-bond donors (Lipinski definition) is 3. The minimum absolute atomic E-state index is 0.0659. The van der Waals surface area contributed by atoms with Gasteiger partial charge in [-0.05, 0) is 24.1 Å². The third-order valence-electron chi connectivity index (χ3n) is 2.89. The molecule has 20 heavy (non-hydrogen) atoms. The Bertz CT molecular complexity index is 519. The number of carbonyl (C=O) groups is 1. The summed E-state index contributed by atoms with van der Waals surface area (Å²) in [5, 5.41) is 6.18. The first-order chi connectivity index (χ1) is 9.78. The first kappa shape index (κ1) is 14.3. The second-order valence-electron chi connectivity index (χ2n) is 4.63. The van der Waals surface area contributed by atoms with Gasteiger partial charge in [-0.2, -0.15) is 0 Å². The molecule has 1 aromatic heterocycles. The highest BCUT2D eigenvalue weighted by molar-refractivity contribution is 5.90. The van der Waals surface area contributed by atoms with E-state index in [2.05, 4.69) is 20.6 Å². The van der Waals surface area contributed by atoms with Crippen LogP contribution in [0, 0.1) is 0 Å². The maximum Gasteiger partial charge on any atom is 0.224 e. The number of nitrogens with one attached hydrogen (secondary N) is 3. The smallest absolute Gasteiger partial charge is 0.224 e. The van der Waals surface area contributed by atoms with Crippen molar-refractivity contribution in [2.75, 3.05) is 5.32 Å². The van der Waals surface area contributed by atoms with Crippen molar-refractivity contribution in [2.24, 2.45) is 0 Å². The van der Waals surface area contributed by atoms with Gasteiger partial charge in [-0.1, -0.05) is 19.1 Å². The Labute approximate surface area is 118 Å². The van der Waals surface area contributed by atoms with Crippen molar-refractivity contribution in [3.8, 4) is 0 Å². The van der Waals surface area contributed by atoms with Gasteiger partial charge in [0.25, 0.3) is 0 Å². The second kappa shape index (κ2) is 7.45. The normalized spacial score (nSPS) is 10.4. The zero-order valence-electron chi connectivity index (χ0n) is 11.6. The van der Waals surface area contributed by atoms with Crippen molar-refractivity contribution in [3.05, 3.63) is 48.0 Å². The topological polar surface area (TPSA) is 69.8 Å². The number of nitrogens with zero attached hydrogens (tertiary/aromatic N) is 1. The summed E-state index contributed by atoms with van der Waals surface area (Å²) < 4.78 is 0. The molecule has 0 aliphatic heterocycles. The van der Waals surface area contributed by atoms with E-state index >= 15 is 0 Å². The van der Waals surface area contributed by atoms with Crippen LogP contribution in [0.3, 0.4) is 0 Å². The molecule has 0 unspecified atom stereocenters. The van der Waals surface area contributed by atoms with E-state index in [9.17, 15) is 4.79 Å². The average Bonchev–Trinajstić information content (AvgIpc) is 2.94. The molecule has 5 nitrogen and oxygen atoms in total. The minimum atomic E-state index is 0.0659. The summed E-state index contributed by atoms with van der Waals surface area (Å²) >= 11 is 0. The molecular weight excluding hydrogens is 252 g/mol. The highest BCUT2D eigenvalue weighted by Gasteiger charge is 2.01. The van der Waals surface area contributed by atoms with Crippen LogP contribution in [0.2, 0.25) is 0 Å². The Morgan fingerprint density at radius 2 is 2.05 bits per heavy atom. The van der Waals surface area contributed by atoms with Crippen LogP contribution in [-0.4, -0.2) is 15.9 Å². The van der Waals surface area contributed by atoms with E-state index in [1.807, 2.05) is 37.4 Å². The maximum atomic E-state index is 11.5. The SMILES string of the molecule is CCCC(=O)Nc1ccc(CNCc2ncc[nH]2)cc1. The van der Waals surface area contributed by atoms with Crippen molar-refractivity contribution in [1.29, 1.82) is 0 Å². The third kappa shape index (κ3) is 4.51. The van der Waals surface area contributed by atoms with Crippen molar-refractivity contribution >= 4 is 11.6 Å². The monoisotopic (exact) mass is 272 g/mol. The van der Waals surface area contributed by atoms with Crippen LogP contribution < -0.4 is 10.6 Å². The van der Waals surface area contributed by atoms with Gasteiger partial charge in [0, 0.05) is 31.0 Å². The largest absolute Gasteiger partial charge is 0.348 e. The molecule has 3 N–H and O–H groups in total. The predicted octanol–water partition coefficient (Wildman–Crippen LogP) is 2.44. The molecule has 0 atom stereocenters. The van der Waals surface area contributed by atoms with Crippen LogP contribution >= 0.6 is 0 Å². The molecule has 0 saturated carbocycles.